The molecule has 0 saturated heterocycles. The maximum Gasteiger partial charge on any atom is 0.371 e. The second-order valence-corrected chi connectivity index (χ2v) is 4.10. The van der Waals surface area contributed by atoms with Gasteiger partial charge in [-0.15, -0.1) is 5.10 Å². The van der Waals surface area contributed by atoms with Gasteiger partial charge in [0.15, 0.2) is 5.82 Å². The summed E-state index contributed by atoms with van der Waals surface area (Å²) in [7, 11) is 0. The molecule has 7 nitrogen and oxygen atoms in total. The first-order valence-corrected chi connectivity index (χ1v) is 5.87. The molecule has 0 fully saturated rings. The van der Waals surface area contributed by atoms with Crippen molar-refractivity contribution in [3.63, 3.8) is 0 Å². The number of carbonyl (C=O) groups is 1. The minimum Gasteiger partial charge on any atom is -0.475 e. The van der Waals surface area contributed by atoms with E-state index in [1.54, 1.807) is 10.7 Å². The first-order valence-electron chi connectivity index (χ1n) is 5.87. The van der Waals surface area contributed by atoms with Crippen LogP contribution in [0.1, 0.15) is 16.3 Å². The van der Waals surface area contributed by atoms with E-state index in [2.05, 4.69) is 15.5 Å². The summed E-state index contributed by atoms with van der Waals surface area (Å²) in [4.78, 5) is 10.8. The summed E-state index contributed by atoms with van der Waals surface area (Å²) in [5, 5.41) is 20.3. The molecule has 0 amide bonds. The van der Waals surface area contributed by atoms with Crippen LogP contribution in [-0.2, 0) is 6.54 Å². The van der Waals surface area contributed by atoms with Crippen LogP contribution in [0.3, 0.4) is 0 Å². The van der Waals surface area contributed by atoms with E-state index in [0.29, 0.717) is 11.6 Å². The zero-order valence-corrected chi connectivity index (χ0v) is 10.3. The highest BCUT2D eigenvalue weighted by atomic mass is 16.4. The van der Waals surface area contributed by atoms with Gasteiger partial charge >= 0.3 is 5.97 Å². The van der Waals surface area contributed by atoms with E-state index in [9.17, 15) is 4.79 Å². The number of aromatic carboxylic acids is 1. The highest BCUT2D eigenvalue weighted by Crippen LogP contribution is 2.17. The highest BCUT2D eigenvalue weighted by molar-refractivity contribution is 5.84. The number of aromatic nitrogens is 4. The molecule has 0 unspecified atom stereocenters. The Kier molecular flexibility index (Phi) is 3.00. The fourth-order valence-corrected chi connectivity index (χ4v) is 1.83. The molecule has 1 N–H and O–H groups in total. The summed E-state index contributed by atoms with van der Waals surface area (Å²) < 4.78 is 6.75. The Morgan fingerprint density at radius 2 is 2.00 bits per heavy atom. The third-order valence-corrected chi connectivity index (χ3v) is 2.74. The lowest BCUT2D eigenvalue weighted by Gasteiger charge is -2.02. The quantitative estimate of drug-likeness (QED) is 0.775. The molecular weight excluding hydrogens is 260 g/mol. The van der Waals surface area contributed by atoms with Crippen molar-refractivity contribution in [2.75, 3.05) is 0 Å². The lowest BCUT2D eigenvalue weighted by Crippen LogP contribution is -2.03. The van der Waals surface area contributed by atoms with Gasteiger partial charge in [-0.1, -0.05) is 30.3 Å². The van der Waals surface area contributed by atoms with Gasteiger partial charge in [-0.25, -0.2) is 9.48 Å². The Bertz CT molecular complexity index is 733. The van der Waals surface area contributed by atoms with E-state index < -0.39 is 5.97 Å². The Morgan fingerprint density at radius 1 is 1.20 bits per heavy atom. The summed E-state index contributed by atoms with van der Waals surface area (Å²) in [5.41, 5.74) is 0.877. The molecule has 0 spiro atoms. The van der Waals surface area contributed by atoms with E-state index in [0.717, 1.165) is 5.56 Å². The van der Waals surface area contributed by atoms with E-state index in [4.69, 9.17) is 9.52 Å². The van der Waals surface area contributed by atoms with Crippen LogP contribution in [0.25, 0.3) is 11.4 Å². The van der Waals surface area contributed by atoms with Gasteiger partial charge in [0.25, 0.3) is 0 Å². The van der Waals surface area contributed by atoms with Crippen molar-refractivity contribution in [1.82, 2.24) is 20.2 Å². The normalized spacial score (nSPS) is 10.6. The third kappa shape index (κ3) is 2.28. The van der Waals surface area contributed by atoms with E-state index in [-0.39, 0.29) is 12.3 Å². The Balaban J connectivity index is 1.88. The summed E-state index contributed by atoms with van der Waals surface area (Å²) >= 11 is 0. The van der Waals surface area contributed by atoms with Crippen LogP contribution < -0.4 is 0 Å². The fraction of sp³-hybridized carbons (Fsp3) is 0.0769. The first kappa shape index (κ1) is 12.1. The van der Waals surface area contributed by atoms with Crippen LogP contribution in [0.15, 0.2) is 46.9 Å². The van der Waals surface area contributed by atoms with Crippen LogP contribution in [0.5, 0.6) is 0 Å². The molecule has 0 aliphatic rings. The topological polar surface area (TPSA) is 94.0 Å². The van der Waals surface area contributed by atoms with Crippen LogP contribution >= 0.6 is 0 Å². The maximum absolute atomic E-state index is 10.8. The molecule has 0 radical (unpaired) electrons. The number of furan rings is 1. The monoisotopic (exact) mass is 270 g/mol. The third-order valence-electron chi connectivity index (χ3n) is 2.74. The van der Waals surface area contributed by atoms with Gasteiger partial charge in [-0.3, -0.25) is 0 Å². The minimum absolute atomic E-state index is 0.102. The van der Waals surface area contributed by atoms with Gasteiger partial charge in [0.2, 0.25) is 5.76 Å². The number of carboxylic acid groups (broad SMARTS) is 1. The lowest BCUT2D eigenvalue weighted by atomic mass is 10.2. The molecule has 1 aromatic carbocycles. The minimum atomic E-state index is -1.10. The smallest absolute Gasteiger partial charge is 0.371 e. The fourth-order valence-electron chi connectivity index (χ4n) is 1.83. The van der Waals surface area contributed by atoms with Gasteiger partial charge in [-0.05, 0) is 22.6 Å². The SMILES string of the molecule is O=C(O)c1ccc(Cn2nnnc2-c2ccccc2)o1. The van der Waals surface area contributed by atoms with E-state index in [1.807, 2.05) is 30.3 Å². The van der Waals surface area contributed by atoms with Gasteiger partial charge in [0.1, 0.15) is 12.3 Å². The Morgan fingerprint density at radius 3 is 2.70 bits per heavy atom. The molecule has 3 rings (SSSR count). The zero-order valence-electron chi connectivity index (χ0n) is 10.3. The highest BCUT2D eigenvalue weighted by Gasteiger charge is 2.13. The predicted molar refractivity (Wildman–Crippen MR) is 68.0 cm³/mol. The van der Waals surface area contributed by atoms with Crippen molar-refractivity contribution in [3.05, 3.63) is 54.0 Å². The second kappa shape index (κ2) is 4.96. The number of carboxylic acids is 1. The molecule has 100 valence electrons. The molecule has 20 heavy (non-hydrogen) atoms. The number of benzene rings is 1. The largest absolute Gasteiger partial charge is 0.475 e. The average molecular weight is 270 g/mol. The predicted octanol–water partition coefficient (Wildman–Crippen LogP) is 1.68. The number of hydrogen-bond donors (Lipinski definition) is 1. The zero-order chi connectivity index (χ0) is 13.9. The van der Waals surface area contributed by atoms with Gasteiger partial charge < -0.3 is 9.52 Å². The Labute approximate surface area is 113 Å². The molecular formula is C13H10N4O3. The summed E-state index contributed by atoms with van der Waals surface area (Å²) in [6.07, 6.45) is 0. The number of hydrogen-bond acceptors (Lipinski definition) is 5. The second-order valence-electron chi connectivity index (χ2n) is 4.10. The van der Waals surface area contributed by atoms with Crippen molar-refractivity contribution < 1.29 is 14.3 Å². The van der Waals surface area contributed by atoms with Crippen LogP contribution in [0.4, 0.5) is 0 Å². The summed E-state index contributed by atoms with van der Waals surface area (Å²) in [6.45, 7) is 0.268. The van der Waals surface area contributed by atoms with Crippen LogP contribution in [0, 0.1) is 0 Å². The first-order chi connectivity index (χ1) is 9.74. The van der Waals surface area contributed by atoms with Crippen molar-refractivity contribution in [1.29, 1.82) is 0 Å². The molecule has 7 heteroatoms. The average Bonchev–Trinajstić information content (AvgIpc) is 3.09. The molecule has 0 bridgehead atoms. The maximum atomic E-state index is 10.8. The molecule has 3 aromatic rings. The van der Waals surface area contributed by atoms with Crippen molar-refractivity contribution >= 4 is 5.97 Å². The number of rotatable bonds is 4. The molecule has 2 aromatic heterocycles. The Hall–Kier alpha value is -2.96. The van der Waals surface area contributed by atoms with Crippen molar-refractivity contribution in [2.45, 2.75) is 6.54 Å². The number of nitrogens with zero attached hydrogens (tertiary/aromatic N) is 4. The van der Waals surface area contributed by atoms with Crippen LogP contribution in [0.2, 0.25) is 0 Å². The number of tetrazole rings is 1. The van der Waals surface area contributed by atoms with Gasteiger partial charge in [0.05, 0.1) is 0 Å². The van der Waals surface area contributed by atoms with Gasteiger partial charge in [-0.2, -0.15) is 0 Å². The van der Waals surface area contributed by atoms with E-state index in [1.165, 1.54) is 6.07 Å². The molecule has 2 heterocycles. The molecule has 0 atom stereocenters. The van der Waals surface area contributed by atoms with Crippen LogP contribution in [-0.4, -0.2) is 31.3 Å². The van der Waals surface area contributed by atoms with Crippen molar-refractivity contribution in [3.8, 4) is 11.4 Å². The van der Waals surface area contributed by atoms with Gasteiger partial charge in [0, 0.05) is 5.56 Å². The molecule has 0 saturated carbocycles. The standard InChI is InChI=1S/C13H10N4O3/c18-13(19)11-7-6-10(20-11)8-17-12(14-15-16-17)9-4-2-1-3-5-9/h1-7H,8H2,(H,18,19). The van der Waals surface area contributed by atoms with E-state index >= 15 is 0 Å². The molecule has 0 aliphatic heterocycles. The lowest BCUT2D eigenvalue weighted by molar-refractivity contribution is 0.0660. The summed E-state index contributed by atoms with van der Waals surface area (Å²) in [6, 6.07) is 12.5. The molecule has 0 aliphatic carbocycles. The van der Waals surface area contributed by atoms with Crippen molar-refractivity contribution in [2.24, 2.45) is 0 Å². The summed E-state index contributed by atoms with van der Waals surface area (Å²) in [5.74, 6) is -0.128.